The van der Waals surface area contributed by atoms with Crippen molar-refractivity contribution in [3.63, 3.8) is 0 Å². The number of carbonyl (C=O) groups excluding carboxylic acids is 1. The molecule has 2 aromatic rings. The SMILES string of the molecule is COCCNC(=O)c1c[nH]n2c(=O)cc(C)nc12. The van der Waals surface area contributed by atoms with Gasteiger partial charge in [-0.3, -0.25) is 14.7 Å². The summed E-state index contributed by atoms with van der Waals surface area (Å²) in [5, 5.41) is 5.38. The molecule has 0 saturated heterocycles. The highest BCUT2D eigenvalue weighted by molar-refractivity contribution is 5.99. The number of aromatic nitrogens is 3. The number of ether oxygens (including phenoxy) is 1. The number of hydrogen-bond acceptors (Lipinski definition) is 4. The van der Waals surface area contributed by atoms with Gasteiger partial charge in [0.15, 0.2) is 5.65 Å². The fourth-order valence-corrected chi connectivity index (χ4v) is 1.62. The minimum Gasteiger partial charge on any atom is -0.383 e. The molecule has 0 fully saturated rings. The lowest BCUT2D eigenvalue weighted by Crippen LogP contribution is -2.27. The Balaban J connectivity index is 2.34. The number of nitrogens with one attached hydrogen (secondary N) is 2. The van der Waals surface area contributed by atoms with E-state index in [2.05, 4.69) is 15.4 Å². The lowest BCUT2D eigenvalue weighted by molar-refractivity contribution is 0.0938. The molecule has 2 N–H and O–H groups in total. The second-order valence-electron chi connectivity index (χ2n) is 3.83. The van der Waals surface area contributed by atoms with E-state index in [-0.39, 0.29) is 11.5 Å². The third kappa shape index (κ3) is 2.25. The van der Waals surface area contributed by atoms with Crippen LogP contribution in [0.15, 0.2) is 17.1 Å². The lowest BCUT2D eigenvalue weighted by atomic mass is 10.3. The van der Waals surface area contributed by atoms with Gasteiger partial charge in [0.05, 0.1) is 6.61 Å². The quantitative estimate of drug-likeness (QED) is 0.730. The van der Waals surface area contributed by atoms with Crippen LogP contribution in [-0.2, 0) is 4.74 Å². The molecule has 7 heteroatoms. The van der Waals surface area contributed by atoms with E-state index < -0.39 is 0 Å². The molecule has 0 aliphatic heterocycles. The zero-order valence-corrected chi connectivity index (χ0v) is 10.2. The molecule has 2 rings (SSSR count). The molecule has 2 heterocycles. The maximum Gasteiger partial charge on any atom is 0.272 e. The molecule has 0 radical (unpaired) electrons. The van der Waals surface area contributed by atoms with E-state index in [4.69, 9.17) is 4.74 Å². The fourth-order valence-electron chi connectivity index (χ4n) is 1.62. The normalized spacial score (nSPS) is 10.8. The Morgan fingerprint density at radius 1 is 1.61 bits per heavy atom. The predicted molar refractivity (Wildman–Crippen MR) is 64.8 cm³/mol. The van der Waals surface area contributed by atoms with Gasteiger partial charge in [-0.05, 0) is 6.92 Å². The predicted octanol–water partition coefficient (Wildman–Crippen LogP) is -0.293. The first kappa shape index (κ1) is 12.3. The van der Waals surface area contributed by atoms with Crippen molar-refractivity contribution in [3.05, 3.63) is 33.9 Å². The van der Waals surface area contributed by atoms with Crippen molar-refractivity contribution in [1.29, 1.82) is 0 Å². The maximum atomic E-state index is 11.9. The molecule has 0 bridgehead atoms. The summed E-state index contributed by atoms with van der Waals surface area (Å²) < 4.78 is 6.08. The van der Waals surface area contributed by atoms with Crippen LogP contribution in [0.5, 0.6) is 0 Å². The van der Waals surface area contributed by atoms with Crippen LogP contribution in [0.4, 0.5) is 0 Å². The summed E-state index contributed by atoms with van der Waals surface area (Å²) in [5.74, 6) is -0.289. The second kappa shape index (κ2) is 5.01. The first-order valence-electron chi connectivity index (χ1n) is 5.48. The summed E-state index contributed by atoms with van der Waals surface area (Å²) in [7, 11) is 1.56. The number of amides is 1. The summed E-state index contributed by atoms with van der Waals surface area (Å²) >= 11 is 0. The van der Waals surface area contributed by atoms with E-state index in [1.807, 2.05) is 0 Å². The average Bonchev–Trinajstić information content (AvgIpc) is 2.73. The summed E-state index contributed by atoms with van der Waals surface area (Å²) in [6.07, 6.45) is 1.46. The van der Waals surface area contributed by atoms with Crippen molar-refractivity contribution in [1.82, 2.24) is 19.9 Å². The van der Waals surface area contributed by atoms with Crippen molar-refractivity contribution < 1.29 is 9.53 Å². The van der Waals surface area contributed by atoms with Gasteiger partial charge >= 0.3 is 0 Å². The minimum absolute atomic E-state index is 0.242. The van der Waals surface area contributed by atoms with Crippen LogP contribution in [0.3, 0.4) is 0 Å². The molecular formula is C11H14N4O3. The van der Waals surface area contributed by atoms with Gasteiger partial charge in [-0.25, -0.2) is 9.50 Å². The average molecular weight is 250 g/mol. The highest BCUT2D eigenvalue weighted by Crippen LogP contribution is 2.05. The van der Waals surface area contributed by atoms with E-state index in [0.717, 1.165) is 0 Å². The Morgan fingerprint density at radius 2 is 2.39 bits per heavy atom. The molecule has 0 saturated carbocycles. The van der Waals surface area contributed by atoms with Crippen molar-refractivity contribution in [2.45, 2.75) is 6.92 Å². The monoisotopic (exact) mass is 250 g/mol. The molecule has 7 nitrogen and oxygen atoms in total. The van der Waals surface area contributed by atoms with Crippen LogP contribution in [0.25, 0.3) is 5.65 Å². The summed E-state index contributed by atoms with van der Waals surface area (Å²) in [4.78, 5) is 27.7. The molecule has 0 unspecified atom stereocenters. The van der Waals surface area contributed by atoms with E-state index >= 15 is 0 Å². The molecule has 1 amide bonds. The highest BCUT2D eigenvalue weighted by atomic mass is 16.5. The van der Waals surface area contributed by atoms with Gasteiger partial charge in [0.2, 0.25) is 0 Å². The largest absolute Gasteiger partial charge is 0.383 e. The number of fused-ring (bicyclic) bond motifs is 1. The van der Waals surface area contributed by atoms with Gasteiger partial charge in [0.25, 0.3) is 11.5 Å². The molecule has 0 atom stereocenters. The lowest BCUT2D eigenvalue weighted by Gasteiger charge is -2.02. The van der Waals surface area contributed by atoms with E-state index in [1.165, 1.54) is 16.8 Å². The Morgan fingerprint density at radius 3 is 3.11 bits per heavy atom. The zero-order chi connectivity index (χ0) is 13.1. The Hall–Kier alpha value is -2.15. The smallest absolute Gasteiger partial charge is 0.272 e. The summed E-state index contributed by atoms with van der Waals surface area (Å²) in [6.45, 7) is 2.55. The van der Waals surface area contributed by atoms with E-state index in [0.29, 0.717) is 30.1 Å². The molecule has 2 aromatic heterocycles. The van der Waals surface area contributed by atoms with Crippen molar-refractivity contribution in [2.75, 3.05) is 20.3 Å². The van der Waals surface area contributed by atoms with Crippen LogP contribution in [0.2, 0.25) is 0 Å². The van der Waals surface area contributed by atoms with Gasteiger partial charge in [0, 0.05) is 31.6 Å². The van der Waals surface area contributed by atoms with Crippen molar-refractivity contribution in [2.24, 2.45) is 0 Å². The van der Waals surface area contributed by atoms with Gasteiger partial charge < -0.3 is 10.1 Å². The van der Waals surface area contributed by atoms with Crippen LogP contribution in [0, 0.1) is 6.92 Å². The molecule has 0 aliphatic rings. The van der Waals surface area contributed by atoms with Crippen LogP contribution >= 0.6 is 0 Å². The number of aromatic amines is 1. The molecule has 96 valence electrons. The number of nitrogens with zero attached hydrogens (tertiary/aromatic N) is 2. The first-order valence-corrected chi connectivity index (χ1v) is 5.48. The van der Waals surface area contributed by atoms with E-state index in [1.54, 1.807) is 14.0 Å². The van der Waals surface area contributed by atoms with Crippen molar-refractivity contribution >= 4 is 11.6 Å². The van der Waals surface area contributed by atoms with Gasteiger partial charge in [-0.15, -0.1) is 0 Å². The Bertz CT molecular complexity index is 629. The molecular weight excluding hydrogens is 236 g/mol. The summed E-state index contributed by atoms with van der Waals surface area (Å²) in [6, 6.07) is 1.40. The van der Waals surface area contributed by atoms with Gasteiger partial charge in [-0.2, -0.15) is 0 Å². The molecule has 0 aliphatic carbocycles. The Kier molecular flexibility index (Phi) is 3.42. The molecule has 18 heavy (non-hydrogen) atoms. The van der Waals surface area contributed by atoms with Crippen molar-refractivity contribution in [3.8, 4) is 0 Å². The number of aryl methyl sites for hydroxylation is 1. The topological polar surface area (TPSA) is 88.5 Å². The molecule has 0 spiro atoms. The second-order valence-corrected chi connectivity index (χ2v) is 3.83. The number of carbonyl (C=O) groups is 1. The third-order valence-electron chi connectivity index (χ3n) is 2.46. The Labute approximate surface area is 103 Å². The van der Waals surface area contributed by atoms with Gasteiger partial charge in [-0.1, -0.05) is 0 Å². The van der Waals surface area contributed by atoms with Crippen LogP contribution < -0.4 is 10.9 Å². The van der Waals surface area contributed by atoms with Crippen LogP contribution in [0.1, 0.15) is 16.1 Å². The molecule has 0 aromatic carbocycles. The first-order chi connectivity index (χ1) is 8.63. The number of methoxy groups -OCH3 is 1. The maximum absolute atomic E-state index is 11.9. The fraction of sp³-hybridized carbons (Fsp3) is 0.364. The highest BCUT2D eigenvalue weighted by Gasteiger charge is 2.14. The zero-order valence-electron chi connectivity index (χ0n) is 10.2. The minimum atomic E-state index is -0.289. The third-order valence-corrected chi connectivity index (χ3v) is 2.46. The number of H-pyrrole nitrogens is 1. The number of hydrogen-bond donors (Lipinski definition) is 2. The van der Waals surface area contributed by atoms with Gasteiger partial charge in [0.1, 0.15) is 5.56 Å². The number of rotatable bonds is 4. The van der Waals surface area contributed by atoms with E-state index in [9.17, 15) is 9.59 Å². The summed E-state index contributed by atoms with van der Waals surface area (Å²) in [5.41, 5.74) is 1.00. The standard InChI is InChI=1S/C11H14N4O3/c1-7-5-9(16)15-10(14-7)8(6-13-15)11(17)12-3-4-18-2/h5-6,13H,3-4H2,1-2H3,(H,12,17). The van der Waals surface area contributed by atoms with Crippen LogP contribution in [-0.4, -0.2) is 40.8 Å².